The first kappa shape index (κ1) is 18.7. The van der Waals surface area contributed by atoms with Gasteiger partial charge in [-0.25, -0.2) is 9.48 Å². The SMILES string of the molecule is CCC[C@@H](C)NC(=O)COC(=O)c1c(C)nn(-c2ccccc2)c1C. The number of nitrogens with zero attached hydrogens (tertiary/aromatic N) is 2. The fraction of sp³-hybridized carbons (Fsp3) is 0.421. The topological polar surface area (TPSA) is 73.2 Å². The third kappa shape index (κ3) is 4.68. The molecule has 0 aliphatic heterocycles. The molecular formula is C19H25N3O3. The van der Waals surface area contributed by atoms with Crippen molar-refractivity contribution in [2.24, 2.45) is 0 Å². The van der Waals surface area contributed by atoms with Gasteiger partial charge < -0.3 is 10.1 Å². The Morgan fingerprint density at radius 1 is 1.24 bits per heavy atom. The molecule has 0 unspecified atom stereocenters. The summed E-state index contributed by atoms with van der Waals surface area (Å²) in [6.45, 7) is 7.27. The van der Waals surface area contributed by atoms with Crippen molar-refractivity contribution in [3.8, 4) is 5.69 Å². The lowest BCUT2D eigenvalue weighted by Gasteiger charge is -2.12. The maximum atomic E-state index is 12.4. The molecule has 1 atom stereocenters. The number of para-hydroxylation sites is 1. The monoisotopic (exact) mass is 343 g/mol. The largest absolute Gasteiger partial charge is 0.452 e. The van der Waals surface area contributed by atoms with Crippen LogP contribution < -0.4 is 5.32 Å². The maximum absolute atomic E-state index is 12.4. The van der Waals surface area contributed by atoms with E-state index in [9.17, 15) is 9.59 Å². The van der Waals surface area contributed by atoms with Gasteiger partial charge in [-0.3, -0.25) is 4.79 Å². The minimum atomic E-state index is -0.532. The maximum Gasteiger partial charge on any atom is 0.342 e. The lowest BCUT2D eigenvalue weighted by molar-refractivity contribution is -0.124. The Morgan fingerprint density at radius 3 is 2.56 bits per heavy atom. The van der Waals surface area contributed by atoms with Crippen LogP contribution in [0.5, 0.6) is 0 Å². The molecule has 25 heavy (non-hydrogen) atoms. The average Bonchev–Trinajstić information content (AvgIpc) is 2.88. The van der Waals surface area contributed by atoms with Crippen LogP contribution in [-0.4, -0.2) is 34.3 Å². The summed E-state index contributed by atoms with van der Waals surface area (Å²) in [4.78, 5) is 24.2. The number of rotatable bonds is 7. The summed E-state index contributed by atoms with van der Waals surface area (Å²) in [5, 5.41) is 7.23. The van der Waals surface area contributed by atoms with Gasteiger partial charge in [-0.15, -0.1) is 0 Å². The van der Waals surface area contributed by atoms with Crippen LogP contribution in [0.4, 0.5) is 0 Å². The molecule has 1 N–H and O–H groups in total. The molecule has 0 aliphatic rings. The number of esters is 1. The van der Waals surface area contributed by atoms with Crippen LogP contribution in [0.25, 0.3) is 5.69 Å². The van der Waals surface area contributed by atoms with Gasteiger partial charge >= 0.3 is 5.97 Å². The predicted octanol–water partition coefficient (Wildman–Crippen LogP) is 2.95. The highest BCUT2D eigenvalue weighted by Gasteiger charge is 2.21. The molecular weight excluding hydrogens is 318 g/mol. The first-order valence-corrected chi connectivity index (χ1v) is 8.52. The summed E-state index contributed by atoms with van der Waals surface area (Å²) in [6.07, 6.45) is 1.88. The van der Waals surface area contributed by atoms with Gasteiger partial charge in [0, 0.05) is 6.04 Å². The number of nitrogens with one attached hydrogen (secondary N) is 1. The van der Waals surface area contributed by atoms with Crippen LogP contribution in [0.1, 0.15) is 48.4 Å². The standard InChI is InChI=1S/C19H25N3O3/c1-5-9-13(2)20-17(23)12-25-19(24)18-14(3)21-22(15(18)4)16-10-7-6-8-11-16/h6-8,10-11,13H,5,9,12H2,1-4H3,(H,20,23)/t13-/m1/s1. The van der Waals surface area contributed by atoms with Gasteiger partial charge in [-0.2, -0.15) is 5.10 Å². The fourth-order valence-corrected chi connectivity index (χ4v) is 2.78. The molecule has 6 heteroatoms. The molecule has 0 radical (unpaired) electrons. The van der Waals surface area contributed by atoms with Crippen molar-refractivity contribution in [2.75, 3.05) is 6.61 Å². The molecule has 1 aromatic heterocycles. The molecule has 134 valence electrons. The van der Waals surface area contributed by atoms with Gasteiger partial charge in [-0.1, -0.05) is 31.5 Å². The summed E-state index contributed by atoms with van der Waals surface area (Å²) < 4.78 is 6.88. The number of hydrogen-bond donors (Lipinski definition) is 1. The van der Waals surface area contributed by atoms with Crippen molar-refractivity contribution in [1.82, 2.24) is 15.1 Å². The van der Waals surface area contributed by atoms with E-state index in [1.807, 2.05) is 44.2 Å². The molecule has 0 aliphatic carbocycles. The number of ether oxygens (including phenoxy) is 1. The third-order valence-corrected chi connectivity index (χ3v) is 3.96. The molecule has 2 aromatic rings. The van der Waals surface area contributed by atoms with Crippen molar-refractivity contribution in [3.05, 3.63) is 47.3 Å². The normalized spacial score (nSPS) is 11.8. The number of aromatic nitrogens is 2. The Kier molecular flexibility index (Phi) is 6.33. The van der Waals surface area contributed by atoms with E-state index in [0.717, 1.165) is 18.5 Å². The summed E-state index contributed by atoms with van der Waals surface area (Å²) in [7, 11) is 0. The minimum absolute atomic E-state index is 0.0699. The number of carbonyl (C=O) groups excluding carboxylic acids is 2. The summed E-state index contributed by atoms with van der Waals surface area (Å²) >= 11 is 0. The minimum Gasteiger partial charge on any atom is -0.452 e. The summed E-state index contributed by atoms with van der Waals surface area (Å²) in [5.41, 5.74) is 2.53. The Balaban J connectivity index is 2.05. The van der Waals surface area contributed by atoms with E-state index < -0.39 is 5.97 Å². The summed E-state index contributed by atoms with van der Waals surface area (Å²) in [6, 6.07) is 9.63. The second-order valence-corrected chi connectivity index (χ2v) is 6.13. The quantitative estimate of drug-likeness (QED) is 0.785. The van der Waals surface area contributed by atoms with Gasteiger partial charge in [-0.05, 0) is 39.3 Å². The number of amides is 1. The van der Waals surface area contributed by atoms with E-state index >= 15 is 0 Å². The Labute approximate surface area is 148 Å². The Hall–Kier alpha value is -2.63. The van der Waals surface area contributed by atoms with Gasteiger partial charge in [0.05, 0.1) is 17.1 Å². The molecule has 0 saturated carbocycles. The molecule has 0 saturated heterocycles. The Bertz CT molecular complexity index is 738. The zero-order valence-electron chi connectivity index (χ0n) is 15.2. The van der Waals surface area contributed by atoms with Gasteiger partial charge in [0.1, 0.15) is 5.56 Å². The van der Waals surface area contributed by atoms with Crippen LogP contribution in [0.3, 0.4) is 0 Å². The fourth-order valence-electron chi connectivity index (χ4n) is 2.78. The highest BCUT2D eigenvalue weighted by atomic mass is 16.5. The highest BCUT2D eigenvalue weighted by molar-refractivity contribution is 5.93. The molecule has 1 amide bonds. The number of benzene rings is 1. The lowest BCUT2D eigenvalue weighted by atomic mass is 10.2. The highest BCUT2D eigenvalue weighted by Crippen LogP contribution is 2.18. The molecule has 6 nitrogen and oxygen atoms in total. The van der Waals surface area contributed by atoms with Crippen LogP contribution in [0, 0.1) is 13.8 Å². The van der Waals surface area contributed by atoms with Crippen molar-refractivity contribution in [2.45, 2.75) is 46.6 Å². The van der Waals surface area contributed by atoms with E-state index in [4.69, 9.17) is 4.74 Å². The van der Waals surface area contributed by atoms with Crippen LogP contribution in [0.2, 0.25) is 0 Å². The Morgan fingerprint density at radius 2 is 1.92 bits per heavy atom. The van der Waals surface area contributed by atoms with E-state index in [0.29, 0.717) is 17.0 Å². The molecule has 0 spiro atoms. The van der Waals surface area contributed by atoms with Crippen molar-refractivity contribution >= 4 is 11.9 Å². The molecule has 1 heterocycles. The van der Waals surface area contributed by atoms with Gasteiger partial charge in [0.15, 0.2) is 6.61 Å². The van der Waals surface area contributed by atoms with Crippen LogP contribution in [0.15, 0.2) is 30.3 Å². The lowest BCUT2D eigenvalue weighted by Crippen LogP contribution is -2.35. The number of carbonyl (C=O) groups is 2. The number of hydrogen-bond acceptors (Lipinski definition) is 4. The third-order valence-electron chi connectivity index (χ3n) is 3.96. The van der Waals surface area contributed by atoms with Crippen LogP contribution in [-0.2, 0) is 9.53 Å². The van der Waals surface area contributed by atoms with E-state index in [1.165, 1.54) is 0 Å². The van der Waals surface area contributed by atoms with Gasteiger partial charge in [0.2, 0.25) is 0 Å². The number of aryl methyl sites for hydroxylation is 1. The van der Waals surface area contributed by atoms with Crippen molar-refractivity contribution < 1.29 is 14.3 Å². The average molecular weight is 343 g/mol. The molecule has 0 bridgehead atoms. The van der Waals surface area contributed by atoms with Gasteiger partial charge in [0.25, 0.3) is 5.91 Å². The van der Waals surface area contributed by atoms with E-state index in [2.05, 4.69) is 17.3 Å². The van der Waals surface area contributed by atoms with E-state index in [1.54, 1.807) is 11.6 Å². The molecule has 0 fully saturated rings. The second kappa shape index (κ2) is 8.46. The van der Waals surface area contributed by atoms with Crippen molar-refractivity contribution in [1.29, 1.82) is 0 Å². The van der Waals surface area contributed by atoms with Crippen LogP contribution >= 0.6 is 0 Å². The first-order valence-electron chi connectivity index (χ1n) is 8.52. The second-order valence-electron chi connectivity index (χ2n) is 6.13. The zero-order valence-corrected chi connectivity index (χ0v) is 15.2. The van der Waals surface area contributed by atoms with E-state index in [-0.39, 0.29) is 18.6 Å². The zero-order chi connectivity index (χ0) is 18.4. The van der Waals surface area contributed by atoms with Crippen molar-refractivity contribution in [3.63, 3.8) is 0 Å². The summed E-state index contributed by atoms with van der Waals surface area (Å²) in [5.74, 6) is -0.824. The molecule has 1 aromatic carbocycles. The smallest absolute Gasteiger partial charge is 0.342 e. The predicted molar refractivity (Wildman–Crippen MR) is 95.8 cm³/mol. The first-order chi connectivity index (χ1) is 11.9. The molecule has 2 rings (SSSR count).